The minimum atomic E-state index is -0.519. The Morgan fingerprint density at radius 1 is 1.35 bits per heavy atom. The van der Waals surface area contributed by atoms with Gasteiger partial charge in [-0.15, -0.1) is 0 Å². The summed E-state index contributed by atoms with van der Waals surface area (Å²) in [6.07, 6.45) is 6.77. The zero-order chi connectivity index (χ0) is 14.5. The normalized spacial score (nSPS) is 22.3. The third-order valence-corrected chi connectivity index (χ3v) is 3.91. The zero-order valence-electron chi connectivity index (χ0n) is 11.5. The summed E-state index contributed by atoms with van der Waals surface area (Å²) in [6, 6.07) is 0.219. The molecule has 20 heavy (non-hydrogen) atoms. The van der Waals surface area contributed by atoms with Crippen molar-refractivity contribution in [2.24, 2.45) is 11.8 Å². The highest BCUT2D eigenvalue weighted by Gasteiger charge is 2.26. The molecule has 2 rings (SSSR count). The molecule has 1 aromatic rings. The third-order valence-electron chi connectivity index (χ3n) is 3.91. The standard InChI is InChI=1S/C12H20N6O2/c1-2-8-3-5-9(6-4-8)16-11-10(18(19)20)12(17-13)15-7-14-11/h7-9H,2-6,13H2,1H3,(H2,14,15,16,17). The van der Waals surface area contributed by atoms with Crippen LogP contribution in [-0.2, 0) is 0 Å². The molecule has 0 aromatic carbocycles. The van der Waals surface area contributed by atoms with Gasteiger partial charge in [-0.25, -0.2) is 15.8 Å². The lowest BCUT2D eigenvalue weighted by molar-refractivity contribution is -0.383. The van der Waals surface area contributed by atoms with Gasteiger partial charge in [0.25, 0.3) is 0 Å². The molecule has 110 valence electrons. The van der Waals surface area contributed by atoms with Crippen LogP contribution in [0, 0.1) is 16.0 Å². The third kappa shape index (κ3) is 3.13. The summed E-state index contributed by atoms with van der Waals surface area (Å²) in [6.45, 7) is 2.20. The maximum Gasteiger partial charge on any atom is 0.354 e. The molecule has 1 aliphatic rings. The fraction of sp³-hybridized carbons (Fsp3) is 0.667. The van der Waals surface area contributed by atoms with Crippen LogP contribution in [-0.4, -0.2) is 20.9 Å². The van der Waals surface area contributed by atoms with Crippen LogP contribution in [0.1, 0.15) is 39.0 Å². The van der Waals surface area contributed by atoms with Crippen LogP contribution < -0.4 is 16.6 Å². The molecule has 0 aliphatic heterocycles. The Hall–Kier alpha value is -1.96. The van der Waals surface area contributed by atoms with Gasteiger partial charge in [-0.1, -0.05) is 13.3 Å². The maximum absolute atomic E-state index is 11.1. The number of aromatic nitrogens is 2. The van der Waals surface area contributed by atoms with Gasteiger partial charge in [0, 0.05) is 6.04 Å². The van der Waals surface area contributed by atoms with E-state index >= 15 is 0 Å². The van der Waals surface area contributed by atoms with Crippen LogP contribution in [0.4, 0.5) is 17.3 Å². The van der Waals surface area contributed by atoms with Crippen molar-refractivity contribution >= 4 is 17.3 Å². The van der Waals surface area contributed by atoms with Crippen LogP contribution in [0.3, 0.4) is 0 Å². The van der Waals surface area contributed by atoms with Crippen LogP contribution in [0.5, 0.6) is 0 Å². The van der Waals surface area contributed by atoms with Crippen molar-refractivity contribution in [2.45, 2.75) is 45.1 Å². The largest absolute Gasteiger partial charge is 0.361 e. The molecule has 0 bridgehead atoms. The van der Waals surface area contributed by atoms with Gasteiger partial charge in [0.1, 0.15) is 6.33 Å². The van der Waals surface area contributed by atoms with E-state index in [0.29, 0.717) is 0 Å². The van der Waals surface area contributed by atoms with Crippen molar-refractivity contribution in [1.29, 1.82) is 0 Å². The lowest BCUT2D eigenvalue weighted by Gasteiger charge is -2.28. The number of nitro groups is 1. The van der Waals surface area contributed by atoms with E-state index in [2.05, 4.69) is 27.6 Å². The fourth-order valence-electron chi connectivity index (χ4n) is 2.67. The molecule has 0 saturated heterocycles. The summed E-state index contributed by atoms with van der Waals surface area (Å²) >= 11 is 0. The molecule has 8 heteroatoms. The zero-order valence-corrected chi connectivity index (χ0v) is 11.5. The summed E-state index contributed by atoms with van der Waals surface area (Å²) in [7, 11) is 0. The number of hydrogen-bond acceptors (Lipinski definition) is 7. The first-order chi connectivity index (χ1) is 9.65. The topological polar surface area (TPSA) is 119 Å². The average molecular weight is 280 g/mol. The molecule has 0 amide bonds. The number of nitrogens with two attached hydrogens (primary N) is 1. The number of hydrazine groups is 1. The Morgan fingerprint density at radius 3 is 2.55 bits per heavy atom. The Bertz CT molecular complexity index is 473. The predicted molar refractivity (Wildman–Crippen MR) is 76.2 cm³/mol. The Labute approximate surface area is 117 Å². The average Bonchev–Trinajstić information content (AvgIpc) is 2.47. The van der Waals surface area contributed by atoms with Gasteiger partial charge in [-0.05, 0) is 31.6 Å². The first kappa shape index (κ1) is 14.4. The molecule has 0 unspecified atom stereocenters. The molecule has 4 N–H and O–H groups in total. The van der Waals surface area contributed by atoms with Gasteiger partial charge in [-0.2, -0.15) is 0 Å². The summed E-state index contributed by atoms with van der Waals surface area (Å²) < 4.78 is 0. The van der Waals surface area contributed by atoms with E-state index in [9.17, 15) is 10.1 Å². The van der Waals surface area contributed by atoms with Crippen molar-refractivity contribution in [2.75, 3.05) is 10.7 Å². The summed E-state index contributed by atoms with van der Waals surface area (Å²) in [5, 5.41) is 14.3. The molecule has 1 aliphatic carbocycles. The highest BCUT2D eigenvalue weighted by Crippen LogP contribution is 2.32. The monoisotopic (exact) mass is 280 g/mol. The number of nitrogen functional groups attached to an aromatic ring is 1. The molecule has 8 nitrogen and oxygen atoms in total. The Balaban J connectivity index is 2.12. The lowest BCUT2D eigenvalue weighted by atomic mass is 9.84. The van der Waals surface area contributed by atoms with E-state index in [1.165, 1.54) is 12.7 Å². The lowest BCUT2D eigenvalue weighted by Crippen LogP contribution is -2.27. The SMILES string of the molecule is CCC1CCC(Nc2ncnc(NN)c2[N+](=O)[O-])CC1. The molecule has 1 heterocycles. The van der Waals surface area contributed by atoms with Crippen molar-refractivity contribution < 1.29 is 4.92 Å². The summed E-state index contributed by atoms with van der Waals surface area (Å²) in [5.74, 6) is 6.28. The van der Waals surface area contributed by atoms with Gasteiger partial charge >= 0.3 is 5.69 Å². The number of anilines is 2. The molecule has 0 radical (unpaired) electrons. The minimum Gasteiger partial charge on any atom is -0.361 e. The van der Waals surface area contributed by atoms with Crippen molar-refractivity contribution in [3.05, 3.63) is 16.4 Å². The van der Waals surface area contributed by atoms with Gasteiger partial charge in [-0.3, -0.25) is 10.1 Å². The van der Waals surface area contributed by atoms with E-state index in [0.717, 1.165) is 31.6 Å². The second kappa shape index (κ2) is 6.47. The second-order valence-corrected chi connectivity index (χ2v) is 5.09. The van der Waals surface area contributed by atoms with E-state index in [4.69, 9.17) is 5.84 Å². The van der Waals surface area contributed by atoms with Gasteiger partial charge in [0.15, 0.2) is 0 Å². The van der Waals surface area contributed by atoms with Crippen molar-refractivity contribution in [3.8, 4) is 0 Å². The highest BCUT2D eigenvalue weighted by atomic mass is 16.6. The predicted octanol–water partition coefficient (Wildman–Crippen LogP) is 2.05. The smallest absolute Gasteiger partial charge is 0.354 e. The number of rotatable bonds is 5. The van der Waals surface area contributed by atoms with Gasteiger partial charge in [0.05, 0.1) is 4.92 Å². The quantitative estimate of drug-likeness (QED) is 0.429. The Kier molecular flexibility index (Phi) is 4.67. The molecular weight excluding hydrogens is 260 g/mol. The van der Waals surface area contributed by atoms with Crippen LogP contribution in [0.2, 0.25) is 0 Å². The second-order valence-electron chi connectivity index (χ2n) is 5.09. The summed E-state index contributed by atoms with van der Waals surface area (Å²) in [4.78, 5) is 18.4. The fourth-order valence-corrected chi connectivity index (χ4v) is 2.67. The highest BCUT2D eigenvalue weighted by molar-refractivity contribution is 5.69. The van der Waals surface area contributed by atoms with E-state index in [1.54, 1.807) is 0 Å². The van der Waals surface area contributed by atoms with E-state index in [1.807, 2.05) is 0 Å². The van der Waals surface area contributed by atoms with Crippen LogP contribution >= 0.6 is 0 Å². The number of nitrogens with one attached hydrogen (secondary N) is 2. The minimum absolute atomic E-state index is 0.0229. The van der Waals surface area contributed by atoms with Gasteiger partial charge in [0.2, 0.25) is 11.6 Å². The molecule has 0 atom stereocenters. The molecule has 1 aromatic heterocycles. The van der Waals surface area contributed by atoms with Crippen molar-refractivity contribution in [3.63, 3.8) is 0 Å². The first-order valence-electron chi connectivity index (χ1n) is 6.88. The van der Waals surface area contributed by atoms with Crippen molar-refractivity contribution in [1.82, 2.24) is 9.97 Å². The molecule has 0 spiro atoms. The number of nitrogens with zero attached hydrogens (tertiary/aromatic N) is 3. The molecule has 1 saturated carbocycles. The van der Waals surface area contributed by atoms with E-state index < -0.39 is 4.92 Å². The van der Waals surface area contributed by atoms with Crippen LogP contribution in [0.15, 0.2) is 6.33 Å². The Morgan fingerprint density at radius 2 is 2.00 bits per heavy atom. The molecule has 1 fully saturated rings. The number of hydrogen-bond donors (Lipinski definition) is 3. The maximum atomic E-state index is 11.1. The van der Waals surface area contributed by atoms with Crippen LogP contribution in [0.25, 0.3) is 0 Å². The van der Waals surface area contributed by atoms with E-state index in [-0.39, 0.29) is 23.4 Å². The van der Waals surface area contributed by atoms with Gasteiger partial charge < -0.3 is 10.7 Å². The summed E-state index contributed by atoms with van der Waals surface area (Å²) in [5.41, 5.74) is 2.04. The molecular formula is C12H20N6O2. The first-order valence-corrected chi connectivity index (χ1v) is 6.88.